The van der Waals surface area contributed by atoms with Gasteiger partial charge in [0, 0.05) is 6.42 Å². The van der Waals surface area contributed by atoms with Gasteiger partial charge in [-0.1, -0.05) is 0 Å². The molecule has 46 valence electrons. The van der Waals surface area contributed by atoms with Gasteiger partial charge in [0.15, 0.2) is 0 Å². The summed E-state index contributed by atoms with van der Waals surface area (Å²) in [6, 6.07) is 0. The number of ether oxygens (including phenoxy) is 1. The molecular formula is C4H4F2O2. The fraction of sp³-hybridized carbons (Fsp3) is 0.750. The van der Waals surface area contributed by atoms with Crippen molar-refractivity contribution >= 4 is 5.78 Å². The van der Waals surface area contributed by atoms with E-state index in [9.17, 15) is 13.6 Å². The number of Topliss-reactive ketones (excluding diaryl/α,β-unsaturated/α-hetero) is 1. The molecule has 0 radical (unpaired) electrons. The minimum Gasteiger partial charge on any atom is -0.314 e. The van der Waals surface area contributed by atoms with Crippen LogP contribution in [0.5, 0.6) is 0 Å². The van der Waals surface area contributed by atoms with Crippen molar-refractivity contribution in [1.82, 2.24) is 0 Å². The normalized spacial score (nSPS) is 26.5. The zero-order valence-electron chi connectivity index (χ0n) is 3.99. The molecule has 1 fully saturated rings. The second-order valence-electron chi connectivity index (χ2n) is 1.54. The van der Waals surface area contributed by atoms with Crippen molar-refractivity contribution in [3.05, 3.63) is 0 Å². The summed E-state index contributed by atoms with van der Waals surface area (Å²) in [5.74, 6) is -1.11. The Hall–Kier alpha value is -0.510. The van der Waals surface area contributed by atoms with Crippen LogP contribution in [-0.2, 0) is 9.53 Å². The van der Waals surface area contributed by atoms with Crippen LogP contribution < -0.4 is 0 Å². The Balaban J connectivity index is 2.68. The van der Waals surface area contributed by atoms with Gasteiger partial charge in [-0.2, -0.15) is 8.78 Å². The van der Waals surface area contributed by atoms with E-state index in [0.717, 1.165) is 0 Å². The second kappa shape index (κ2) is 1.48. The molecule has 0 aromatic carbocycles. The van der Waals surface area contributed by atoms with E-state index in [-0.39, 0.29) is 13.0 Å². The van der Waals surface area contributed by atoms with E-state index >= 15 is 0 Å². The Bertz CT molecular complexity index is 121. The lowest BCUT2D eigenvalue weighted by molar-refractivity contribution is -0.204. The third-order valence-corrected chi connectivity index (χ3v) is 0.937. The van der Waals surface area contributed by atoms with E-state index in [2.05, 4.69) is 4.74 Å². The summed E-state index contributed by atoms with van der Waals surface area (Å²) in [4.78, 5) is 10.0. The highest BCUT2D eigenvalue weighted by molar-refractivity contribution is 5.85. The summed E-state index contributed by atoms with van der Waals surface area (Å²) in [6.07, 6.45) is -3.65. The summed E-state index contributed by atoms with van der Waals surface area (Å²) in [6.45, 7) is -0.147. The maximum Gasteiger partial charge on any atom is 0.416 e. The summed E-state index contributed by atoms with van der Waals surface area (Å²) in [5.41, 5.74) is 0. The van der Waals surface area contributed by atoms with Crippen LogP contribution in [0.4, 0.5) is 8.78 Å². The first-order chi connectivity index (χ1) is 3.63. The number of carbonyl (C=O) groups is 1. The largest absolute Gasteiger partial charge is 0.416 e. The molecule has 1 rings (SSSR count). The Kier molecular flexibility index (Phi) is 1.04. The third kappa shape index (κ3) is 0.709. The SMILES string of the molecule is O=C1CCOC1(F)F. The molecule has 1 saturated heterocycles. The summed E-state index contributed by atoms with van der Waals surface area (Å²) < 4.78 is 27.3. The molecule has 0 spiro atoms. The van der Waals surface area contributed by atoms with E-state index in [1.807, 2.05) is 0 Å². The average Bonchev–Trinajstić information content (AvgIpc) is 1.86. The topological polar surface area (TPSA) is 26.3 Å². The molecule has 0 aromatic rings. The van der Waals surface area contributed by atoms with Gasteiger partial charge >= 0.3 is 6.11 Å². The predicted molar refractivity (Wildman–Crippen MR) is 20.5 cm³/mol. The average molecular weight is 122 g/mol. The van der Waals surface area contributed by atoms with Gasteiger partial charge in [-0.15, -0.1) is 0 Å². The fourth-order valence-electron chi connectivity index (χ4n) is 0.498. The Morgan fingerprint density at radius 3 is 2.38 bits per heavy atom. The summed E-state index contributed by atoms with van der Waals surface area (Å²) in [7, 11) is 0. The van der Waals surface area contributed by atoms with Gasteiger partial charge in [0.05, 0.1) is 6.61 Å². The molecule has 2 nitrogen and oxygen atoms in total. The van der Waals surface area contributed by atoms with Crippen molar-refractivity contribution in [3.8, 4) is 0 Å². The molecule has 0 bridgehead atoms. The molecule has 1 aliphatic rings. The Morgan fingerprint density at radius 1 is 1.62 bits per heavy atom. The first kappa shape index (κ1) is 5.62. The maximum atomic E-state index is 11.8. The highest BCUT2D eigenvalue weighted by Gasteiger charge is 2.44. The lowest BCUT2D eigenvalue weighted by Crippen LogP contribution is -2.22. The minimum atomic E-state index is -3.49. The molecule has 0 atom stereocenters. The first-order valence-corrected chi connectivity index (χ1v) is 2.18. The second-order valence-corrected chi connectivity index (χ2v) is 1.54. The molecule has 0 aromatic heterocycles. The third-order valence-electron chi connectivity index (χ3n) is 0.937. The van der Waals surface area contributed by atoms with E-state index in [1.165, 1.54) is 0 Å². The van der Waals surface area contributed by atoms with Gasteiger partial charge in [0.1, 0.15) is 0 Å². The molecular weight excluding hydrogens is 118 g/mol. The number of ketones is 1. The van der Waals surface area contributed by atoms with Gasteiger partial charge in [0.2, 0.25) is 5.78 Å². The van der Waals surface area contributed by atoms with Crippen LogP contribution in [0.3, 0.4) is 0 Å². The fourth-order valence-corrected chi connectivity index (χ4v) is 0.498. The van der Waals surface area contributed by atoms with Crippen LogP contribution in [-0.4, -0.2) is 18.5 Å². The van der Waals surface area contributed by atoms with Crippen LogP contribution >= 0.6 is 0 Å². The summed E-state index contributed by atoms with van der Waals surface area (Å²) >= 11 is 0. The standard InChI is InChI=1S/C4H4F2O2/c5-4(6)3(7)1-2-8-4/h1-2H2. The van der Waals surface area contributed by atoms with Crippen LogP contribution in [0.1, 0.15) is 6.42 Å². The maximum absolute atomic E-state index is 11.8. The van der Waals surface area contributed by atoms with Gasteiger partial charge in [-0.05, 0) is 0 Å². The van der Waals surface area contributed by atoms with Crippen molar-refractivity contribution in [2.24, 2.45) is 0 Å². The lowest BCUT2D eigenvalue weighted by Gasteiger charge is -2.01. The molecule has 0 aliphatic carbocycles. The van der Waals surface area contributed by atoms with Gasteiger partial charge in [-0.25, -0.2) is 0 Å². The number of hydrogen-bond acceptors (Lipinski definition) is 2. The van der Waals surface area contributed by atoms with Gasteiger partial charge in [0.25, 0.3) is 0 Å². The number of rotatable bonds is 0. The van der Waals surface area contributed by atoms with Crippen LogP contribution in [0, 0.1) is 0 Å². The van der Waals surface area contributed by atoms with E-state index < -0.39 is 11.9 Å². The smallest absolute Gasteiger partial charge is 0.314 e. The van der Waals surface area contributed by atoms with Crippen molar-refractivity contribution in [2.45, 2.75) is 12.5 Å². The Labute approximate surface area is 44.4 Å². The zero-order chi connectivity index (χ0) is 6.20. The number of alkyl halides is 2. The van der Waals surface area contributed by atoms with Crippen LogP contribution in [0.15, 0.2) is 0 Å². The molecule has 1 heterocycles. The number of carbonyl (C=O) groups excluding carboxylic acids is 1. The summed E-state index contributed by atoms with van der Waals surface area (Å²) in [5, 5.41) is 0. The highest BCUT2D eigenvalue weighted by Crippen LogP contribution is 2.24. The number of halogens is 2. The van der Waals surface area contributed by atoms with Crippen LogP contribution in [0.2, 0.25) is 0 Å². The molecule has 8 heavy (non-hydrogen) atoms. The van der Waals surface area contributed by atoms with Crippen molar-refractivity contribution in [1.29, 1.82) is 0 Å². The van der Waals surface area contributed by atoms with Gasteiger partial charge in [-0.3, -0.25) is 4.79 Å². The molecule has 0 saturated carbocycles. The monoisotopic (exact) mass is 122 g/mol. The molecule has 0 N–H and O–H groups in total. The number of hydrogen-bond donors (Lipinski definition) is 0. The van der Waals surface area contributed by atoms with Crippen molar-refractivity contribution in [2.75, 3.05) is 6.61 Å². The van der Waals surface area contributed by atoms with E-state index in [1.54, 1.807) is 0 Å². The van der Waals surface area contributed by atoms with E-state index in [4.69, 9.17) is 0 Å². The molecule has 1 aliphatic heterocycles. The van der Waals surface area contributed by atoms with Crippen molar-refractivity contribution < 1.29 is 18.3 Å². The van der Waals surface area contributed by atoms with Gasteiger partial charge < -0.3 is 4.74 Å². The minimum absolute atomic E-state index is 0.147. The molecule has 4 heteroatoms. The lowest BCUT2D eigenvalue weighted by atomic mass is 10.3. The van der Waals surface area contributed by atoms with Crippen molar-refractivity contribution in [3.63, 3.8) is 0 Å². The molecule has 0 amide bonds. The van der Waals surface area contributed by atoms with Crippen LogP contribution in [0.25, 0.3) is 0 Å². The molecule has 0 unspecified atom stereocenters. The predicted octanol–water partition coefficient (Wildman–Crippen LogP) is 0.569. The Morgan fingerprint density at radius 2 is 2.25 bits per heavy atom. The first-order valence-electron chi connectivity index (χ1n) is 2.18. The highest BCUT2D eigenvalue weighted by atomic mass is 19.3. The van der Waals surface area contributed by atoms with E-state index in [0.29, 0.717) is 0 Å². The zero-order valence-corrected chi connectivity index (χ0v) is 3.99. The quantitative estimate of drug-likeness (QED) is 0.469.